The maximum Gasteiger partial charge on any atom is 0.253 e. The van der Waals surface area contributed by atoms with E-state index in [0.717, 1.165) is 42.5 Å². The molecule has 1 saturated carbocycles. The lowest BCUT2D eigenvalue weighted by molar-refractivity contribution is 0.0786. The van der Waals surface area contributed by atoms with Crippen molar-refractivity contribution in [3.63, 3.8) is 0 Å². The van der Waals surface area contributed by atoms with E-state index in [1.54, 1.807) is 0 Å². The highest BCUT2D eigenvalue weighted by atomic mass is 16.2. The van der Waals surface area contributed by atoms with Crippen LogP contribution in [0, 0.1) is 12.8 Å². The number of nitrogens with one attached hydrogen (secondary N) is 1. The van der Waals surface area contributed by atoms with Crippen molar-refractivity contribution < 1.29 is 4.79 Å². The molecule has 5 heteroatoms. The van der Waals surface area contributed by atoms with Gasteiger partial charge in [-0.1, -0.05) is 12.5 Å². The number of carbonyl (C=O) groups is 1. The smallest absolute Gasteiger partial charge is 0.253 e. The zero-order chi connectivity index (χ0) is 18.4. The number of nitrogens with zero attached hydrogens (tertiary/aromatic N) is 3. The number of likely N-dealkylation sites (tertiary alicyclic amines) is 1. The molecule has 1 N–H and O–H groups in total. The van der Waals surface area contributed by atoms with E-state index in [9.17, 15) is 4.79 Å². The number of aryl methyl sites for hydroxylation is 1. The van der Waals surface area contributed by atoms with Crippen molar-refractivity contribution in [1.29, 1.82) is 0 Å². The Labute approximate surface area is 159 Å². The molecule has 2 aromatic heterocycles. The van der Waals surface area contributed by atoms with Crippen LogP contribution < -0.4 is 0 Å². The molecule has 5 nitrogen and oxygen atoms in total. The van der Waals surface area contributed by atoms with Crippen LogP contribution >= 0.6 is 0 Å². The third kappa shape index (κ3) is 2.95. The quantitative estimate of drug-likeness (QED) is 0.760. The summed E-state index contributed by atoms with van der Waals surface area (Å²) in [5.74, 6) is 2.57. The second-order valence-electron chi connectivity index (χ2n) is 8.18. The highest BCUT2D eigenvalue weighted by molar-refractivity contribution is 5.98. The van der Waals surface area contributed by atoms with Gasteiger partial charge in [0.15, 0.2) is 0 Å². The van der Waals surface area contributed by atoms with E-state index < -0.39 is 0 Å². The Hall–Kier alpha value is -2.56. The molecule has 3 heterocycles. The largest absolute Gasteiger partial charge is 0.361 e. The van der Waals surface area contributed by atoms with Crippen LogP contribution in [0.3, 0.4) is 0 Å². The number of hydrogen-bond donors (Lipinski definition) is 1. The topological polar surface area (TPSA) is 53.9 Å². The normalized spacial score (nSPS) is 20.3. The second kappa shape index (κ2) is 6.55. The van der Waals surface area contributed by atoms with Crippen molar-refractivity contribution >= 4 is 16.8 Å². The van der Waals surface area contributed by atoms with Crippen molar-refractivity contribution in [2.75, 3.05) is 13.1 Å². The van der Waals surface area contributed by atoms with Crippen molar-refractivity contribution in [1.82, 2.24) is 19.4 Å². The van der Waals surface area contributed by atoms with Gasteiger partial charge in [-0.15, -0.1) is 0 Å². The van der Waals surface area contributed by atoms with Crippen LogP contribution in [0.4, 0.5) is 0 Å². The van der Waals surface area contributed by atoms with Crippen molar-refractivity contribution in [2.45, 2.75) is 45.1 Å². The van der Waals surface area contributed by atoms with Gasteiger partial charge in [0.05, 0.1) is 0 Å². The van der Waals surface area contributed by atoms with E-state index in [2.05, 4.69) is 21.5 Å². The summed E-state index contributed by atoms with van der Waals surface area (Å²) in [6.07, 6.45) is 8.86. The molecular weight excluding hydrogens is 336 g/mol. The molecule has 1 aliphatic heterocycles. The maximum absolute atomic E-state index is 13.0. The Morgan fingerprint density at radius 2 is 2.15 bits per heavy atom. The van der Waals surface area contributed by atoms with Gasteiger partial charge in [0.25, 0.3) is 5.91 Å². The van der Waals surface area contributed by atoms with E-state index in [-0.39, 0.29) is 5.91 Å². The molecule has 1 amide bonds. The molecule has 5 rings (SSSR count). The minimum absolute atomic E-state index is 0.149. The van der Waals surface area contributed by atoms with E-state index >= 15 is 0 Å². The molecule has 140 valence electrons. The van der Waals surface area contributed by atoms with E-state index in [0.29, 0.717) is 11.8 Å². The summed E-state index contributed by atoms with van der Waals surface area (Å²) in [5, 5.41) is 1.14. The Bertz CT molecular complexity index is 981. The van der Waals surface area contributed by atoms with E-state index in [1.165, 1.54) is 30.8 Å². The molecular formula is C22H26N4O. The number of imidazole rings is 1. The zero-order valence-electron chi connectivity index (χ0n) is 15.8. The summed E-state index contributed by atoms with van der Waals surface area (Å²) in [5.41, 5.74) is 3.05. The Kier molecular flexibility index (Phi) is 4.03. The van der Waals surface area contributed by atoms with Gasteiger partial charge in [0.1, 0.15) is 5.82 Å². The van der Waals surface area contributed by atoms with Gasteiger partial charge >= 0.3 is 0 Å². The van der Waals surface area contributed by atoms with E-state index in [4.69, 9.17) is 0 Å². The van der Waals surface area contributed by atoms with Gasteiger partial charge in [0.2, 0.25) is 0 Å². The lowest BCUT2D eigenvalue weighted by Gasteiger charge is -2.27. The number of aromatic amines is 1. The van der Waals surface area contributed by atoms with Crippen molar-refractivity contribution in [2.24, 2.45) is 5.92 Å². The fraction of sp³-hybridized carbons (Fsp3) is 0.455. The van der Waals surface area contributed by atoms with Crippen LogP contribution in [0.1, 0.15) is 53.5 Å². The summed E-state index contributed by atoms with van der Waals surface area (Å²) in [4.78, 5) is 22.9. The summed E-state index contributed by atoms with van der Waals surface area (Å²) in [6, 6.07) is 7.97. The minimum atomic E-state index is 0.149. The monoisotopic (exact) mass is 362 g/mol. The first-order chi connectivity index (χ1) is 13.2. The van der Waals surface area contributed by atoms with Gasteiger partial charge in [-0.2, -0.15) is 0 Å². The van der Waals surface area contributed by atoms with Crippen LogP contribution in [-0.2, 0) is 6.54 Å². The third-order valence-electron chi connectivity index (χ3n) is 6.37. The number of rotatable bonds is 4. The van der Waals surface area contributed by atoms with Crippen LogP contribution in [0.25, 0.3) is 10.9 Å². The number of hydrogen-bond acceptors (Lipinski definition) is 2. The predicted octanol–water partition coefficient (Wildman–Crippen LogP) is 4.10. The van der Waals surface area contributed by atoms with E-state index in [1.807, 2.05) is 41.6 Å². The molecule has 2 fully saturated rings. The van der Waals surface area contributed by atoms with Crippen molar-refractivity contribution in [3.8, 4) is 0 Å². The summed E-state index contributed by atoms with van der Waals surface area (Å²) in [6.45, 7) is 4.82. The first kappa shape index (κ1) is 16.6. The average Bonchev–Trinajstić information content (AvgIpc) is 3.35. The Morgan fingerprint density at radius 1 is 1.26 bits per heavy atom. The predicted molar refractivity (Wildman–Crippen MR) is 106 cm³/mol. The molecule has 27 heavy (non-hydrogen) atoms. The molecule has 1 aromatic carbocycles. The fourth-order valence-corrected chi connectivity index (χ4v) is 4.50. The number of fused-ring (bicyclic) bond motifs is 1. The van der Waals surface area contributed by atoms with Crippen molar-refractivity contribution in [3.05, 3.63) is 53.7 Å². The molecule has 2 aliphatic rings. The first-order valence-corrected chi connectivity index (χ1v) is 10.1. The van der Waals surface area contributed by atoms with Crippen LogP contribution in [0.5, 0.6) is 0 Å². The molecule has 0 spiro atoms. The minimum Gasteiger partial charge on any atom is -0.361 e. The summed E-state index contributed by atoms with van der Waals surface area (Å²) in [7, 11) is 0. The molecule has 1 aliphatic carbocycles. The summed E-state index contributed by atoms with van der Waals surface area (Å²) < 4.78 is 2.41. The second-order valence-corrected chi connectivity index (χ2v) is 8.18. The fourth-order valence-electron chi connectivity index (χ4n) is 4.50. The van der Waals surface area contributed by atoms with Gasteiger partial charge in [-0.05, 0) is 55.7 Å². The van der Waals surface area contributed by atoms with Gasteiger partial charge < -0.3 is 14.5 Å². The lowest BCUT2D eigenvalue weighted by Crippen LogP contribution is -2.29. The van der Waals surface area contributed by atoms with Crippen LogP contribution in [0.15, 0.2) is 36.7 Å². The highest BCUT2D eigenvalue weighted by Crippen LogP contribution is 2.36. The van der Waals surface area contributed by atoms with Crippen LogP contribution in [-0.4, -0.2) is 38.4 Å². The molecule has 1 atom stereocenters. The van der Waals surface area contributed by atoms with Gasteiger partial charge in [-0.3, -0.25) is 4.79 Å². The van der Waals surface area contributed by atoms with Gasteiger partial charge in [0, 0.05) is 54.7 Å². The standard InChI is InChI=1S/C22H26N4O/c1-15-12-24-21(18-3-2-4-18)26(15)14-16-8-10-25(13-16)22(27)19-6-5-17-7-9-23-20(17)11-19/h5-7,9,11-12,16,18,23H,2-4,8,10,13-14H2,1H3. The number of benzene rings is 1. The number of amides is 1. The highest BCUT2D eigenvalue weighted by Gasteiger charge is 2.30. The Balaban J connectivity index is 1.28. The summed E-state index contributed by atoms with van der Waals surface area (Å²) >= 11 is 0. The molecule has 1 saturated heterocycles. The molecule has 1 unspecified atom stereocenters. The molecule has 0 radical (unpaired) electrons. The molecule has 0 bridgehead atoms. The Morgan fingerprint density at radius 3 is 2.96 bits per heavy atom. The lowest BCUT2D eigenvalue weighted by atomic mass is 9.84. The third-order valence-corrected chi connectivity index (χ3v) is 6.37. The first-order valence-electron chi connectivity index (χ1n) is 10.1. The van der Waals surface area contributed by atoms with Gasteiger partial charge in [-0.25, -0.2) is 4.98 Å². The zero-order valence-corrected chi connectivity index (χ0v) is 15.8. The van der Waals surface area contributed by atoms with Crippen LogP contribution in [0.2, 0.25) is 0 Å². The SMILES string of the molecule is Cc1cnc(C2CCC2)n1CC1CCN(C(=O)c2ccc3cc[nH]c3c2)C1. The molecule has 3 aromatic rings. The number of aromatic nitrogens is 3. The maximum atomic E-state index is 13.0. The number of carbonyl (C=O) groups excluding carboxylic acids is 1. The average molecular weight is 362 g/mol. The number of H-pyrrole nitrogens is 1.